The van der Waals surface area contributed by atoms with Gasteiger partial charge in [0.2, 0.25) is 5.91 Å². The highest BCUT2D eigenvalue weighted by Gasteiger charge is 2.40. The summed E-state index contributed by atoms with van der Waals surface area (Å²) in [5.41, 5.74) is 0.859. The predicted molar refractivity (Wildman–Crippen MR) is 96.9 cm³/mol. The summed E-state index contributed by atoms with van der Waals surface area (Å²) in [6, 6.07) is 7.23. The second kappa shape index (κ2) is 7.48. The predicted octanol–water partition coefficient (Wildman–Crippen LogP) is 2.89. The number of nitrogens with one attached hydrogen (secondary N) is 2. The van der Waals surface area contributed by atoms with E-state index in [4.69, 9.17) is 16.3 Å². The Morgan fingerprint density at radius 1 is 1.32 bits per heavy atom. The van der Waals surface area contributed by atoms with Gasteiger partial charge in [0.25, 0.3) is 5.91 Å². The van der Waals surface area contributed by atoms with E-state index < -0.39 is 0 Å². The Hall–Kier alpha value is -2.01. The van der Waals surface area contributed by atoms with Crippen molar-refractivity contribution in [2.75, 3.05) is 0 Å². The maximum atomic E-state index is 12.3. The van der Waals surface area contributed by atoms with Crippen molar-refractivity contribution in [1.29, 1.82) is 0 Å². The number of carbonyl (C=O) groups is 2. The van der Waals surface area contributed by atoms with Gasteiger partial charge in [-0.15, -0.1) is 0 Å². The molecule has 0 radical (unpaired) electrons. The van der Waals surface area contributed by atoms with Crippen LogP contribution in [0.25, 0.3) is 6.08 Å². The summed E-state index contributed by atoms with van der Waals surface area (Å²) in [6.07, 6.45) is 3.77. The summed E-state index contributed by atoms with van der Waals surface area (Å²) in [6.45, 7) is 3.89. The van der Waals surface area contributed by atoms with Crippen LogP contribution in [0.4, 0.5) is 0 Å². The van der Waals surface area contributed by atoms with Gasteiger partial charge in [-0.05, 0) is 56.9 Å². The number of hydrogen-bond acceptors (Lipinski definition) is 3. The molecule has 0 spiro atoms. The zero-order valence-corrected chi connectivity index (χ0v) is 15.2. The number of rotatable bonds is 3. The van der Waals surface area contributed by atoms with Crippen LogP contribution in [0.1, 0.15) is 38.7 Å². The average Bonchev–Trinajstić information content (AvgIpc) is 2.56. The van der Waals surface area contributed by atoms with E-state index in [1.807, 2.05) is 26.0 Å². The first kappa shape index (κ1) is 17.8. The SMILES string of the molecule is CC(C)NC(=O)C1CCC2O/C(=C\c3ccc(Cl)cc3)C(=O)NC2C1. The first-order chi connectivity index (χ1) is 11.9. The summed E-state index contributed by atoms with van der Waals surface area (Å²) in [5, 5.41) is 6.60. The van der Waals surface area contributed by atoms with Gasteiger partial charge in [-0.2, -0.15) is 0 Å². The Bertz CT molecular complexity index is 684. The number of carbonyl (C=O) groups excluding carboxylic acids is 2. The summed E-state index contributed by atoms with van der Waals surface area (Å²) >= 11 is 5.88. The van der Waals surface area contributed by atoms with Gasteiger partial charge in [-0.1, -0.05) is 23.7 Å². The van der Waals surface area contributed by atoms with Crippen LogP contribution in [-0.4, -0.2) is 30.0 Å². The van der Waals surface area contributed by atoms with Crippen molar-refractivity contribution in [3.8, 4) is 0 Å². The van der Waals surface area contributed by atoms with Crippen molar-refractivity contribution in [1.82, 2.24) is 10.6 Å². The van der Waals surface area contributed by atoms with E-state index in [1.165, 1.54) is 0 Å². The number of morpholine rings is 1. The minimum Gasteiger partial charge on any atom is -0.483 e. The van der Waals surface area contributed by atoms with E-state index in [9.17, 15) is 9.59 Å². The van der Waals surface area contributed by atoms with E-state index in [-0.39, 0.29) is 35.9 Å². The molecule has 1 heterocycles. The molecule has 1 aliphatic carbocycles. The zero-order chi connectivity index (χ0) is 18.0. The van der Waals surface area contributed by atoms with E-state index >= 15 is 0 Å². The molecular formula is C19H23ClN2O3. The van der Waals surface area contributed by atoms with Crippen LogP contribution in [0.15, 0.2) is 30.0 Å². The molecule has 134 valence electrons. The Kier molecular flexibility index (Phi) is 5.33. The standard InChI is InChI=1S/C19H23ClN2O3/c1-11(2)21-18(23)13-5-8-16-15(10-13)22-19(24)17(25-16)9-12-3-6-14(20)7-4-12/h3-4,6-7,9,11,13,15-16H,5,8,10H2,1-2H3,(H,21,23)(H,22,24)/b17-9-. The molecule has 1 aliphatic heterocycles. The van der Waals surface area contributed by atoms with Crippen LogP contribution in [0, 0.1) is 5.92 Å². The molecule has 3 atom stereocenters. The first-order valence-corrected chi connectivity index (χ1v) is 9.05. The van der Waals surface area contributed by atoms with E-state index in [0.29, 0.717) is 17.2 Å². The van der Waals surface area contributed by atoms with Crippen LogP contribution in [0.3, 0.4) is 0 Å². The lowest BCUT2D eigenvalue weighted by atomic mass is 9.82. The van der Waals surface area contributed by atoms with E-state index in [0.717, 1.165) is 18.4 Å². The third-order valence-corrected chi connectivity index (χ3v) is 4.83. The fourth-order valence-corrected chi connectivity index (χ4v) is 3.47. The van der Waals surface area contributed by atoms with Gasteiger partial charge in [0.15, 0.2) is 5.76 Å². The number of halogens is 1. The minimum absolute atomic E-state index is 0.0604. The number of ether oxygens (including phenoxy) is 1. The molecular weight excluding hydrogens is 340 g/mol. The third kappa shape index (κ3) is 4.34. The fraction of sp³-hybridized carbons (Fsp3) is 0.474. The molecule has 0 aromatic heterocycles. The minimum atomic E-state index is -0.235. The molecule has 3 unspecified atom stereocenters. The Morgan fingerprint density at radius 3 is 2.72 bits per heavy atom. The molecule has 25 heavy (non-hydrogen) atoms. The van der Waals surface area contributed by atoms with Crippen molar-refractivity contribution >= 4 is 29.5 Å². The maximum absolute atomic E-state index is 12.3. The molecule has 1 saturated heterocycles. The molecule has 1 aromatic carbocycles. The van der Waals surface area contributed by atoms with Gasteiger partial charge in [-0.25, -0.2) is 0 Å². The second-order valence-electron chi connectivity index (χ2n) is 6.97. The van der Waals surface area contributed by atoms with Crippen molar-refractivity contribution in [2.24, 2.45) is 5.92 Å². The molecule has 5 nitrogen and oxygen atoms in total. The molecule has 2 amide bonds. The van der Waals surface area contributed by atoms with E-state index in [1.54, 1.807) is 18.2 Å². The second-order valence-corrected chi connectivity index (χ2v) is 7.41. The first-order valence-electron chi connectivity index (χ1n) is 8.67. The largest absolute Gasteiger partial charge is 0.483 e. The van der Waals surface area contributed by atoms with Crippen molar-refractivity contribution in [3.05, 3.63) is 40.6 Å². The molecule has 6 heteroatoms. The fourth-order valence-electron chi connectivity index (χ4n) is 3.34. The Morgan fingerprint density at radius 2 is 2.04 bits per heavy atom. The van der Waals surface area contributed by atoms with Gasteiger partial charge < -0.3 is 15.4 Å². The zero-order valence-electron chi connectivity index (χ0n) is 14.4. The smallest absolute Gasteiger partial charge is 0.286 e. The summed E-state index contributed by atoms with van der Waals surface area (Å²) in [7, 11) is 0. The summed E-state index contributed by atoms with van der Waals surface area (Å²) < 4.78 is 5.93. The third-order valence-electron chi connectivity index (χ3n) is 4.57. The number of fused-ring (bicyclic) bond motifs is 1. The number of benzene rings is 1. The highest BCUT2D eigenvalue weighted by molar-refractivity contribution is 6.30. The number of amides is 2. The highest BCUT2D eigenvalue weighted by Crippen LogP contribution is 2.31. The van der Waals surface area contributed by atoms with Gasteiger partial charge in [0, 0.05) is 17.0 Å². The number of hydrogen-bond donors (Lipinski definition) is 2. The van der Waals surface area contributed by atoms with Crippen LogP contribution in [0.2, 0.25) is 5.02 Å². The molecule has 0 bridgehead atoms. The molecule has 2 aliphatic rings. The summed E-state index contributed by atoms with van der Waals surface area (Å²) in [5.74, 6) is 0.0642. The van der Waals surface area contributed by atoms with Crippen LogP contribution in [-0.2, 0) is 14.3 Å². The van der Waals surface area contributed by atoms with Gasteiger partial charge in [0.1, 0.15) is 6.10 Å². The summed E-state index contributed by atoms with van der Waals surface area (Å²) in [4.78, 5) is 24.6. The lowest BCUT2D eigenvalue weighted by molar-refractivity contribution is -0.135. The van der Waals surface area contributed by atoms with Crippen molar-refractivity contribution in [2.45, 2.75) is 51.3 Å². The lowest BCUT2D eigenvalue weighted by Gasteiger charge is -2.39. The molecule has 1 saturated carbocycles. The van der Waals surface area contributed by atoms with Gasteiger partial charge in [0.05, 0.1) is 6.04 Å². The van der Waals surface area contributed by atoms with Crippen LogP contribution < -0.4 is 10.6 Å². The average molecular weight is 363 g/mol. The quantitative estimate of drug-likeness (QED) is 0.812. The van der Waals surface area contributed by atoms with Crippen molar-refractivity contribution in [3.63, 3.8) is 0 Å². The molecule has 2 N–H and O–H groups in total. The molecule has 2 fully saturated rings. The normalized spacial score (nSPS) is 27.4. The van der Waals surface area contributed by atoms with Crippen molar-refractivity contribution < 1.29 is 14.3 Å². The highest BCUT2D eigenvalue weighted by atomic mass is 35.5. The van der Waals surface area contributed by atoms with Crippen LogP contribution >= 0.6 is 11.6 Å². The lowest BCUT2D eigenvalue weighted by Crippen LogP contribution is -2.55. The monoisotopic (exact) mass is 362 g/mol. The van der Waals surface area contributed by atoms with E-state index in [2.05, 4.69) is 10.6 Å². The molecule has 3 rings (SSSR count). The molecule has 1 aromatic rings. The van der Waals surface area contributed by atoms with Gasteiger partial charge >= 0.3 is 0 Å². The Balaban J connectivity index is 1.66. The Labute approximate surface area is 152 Å². The topological polar surface area (TPSA) is 67.4 Å². The maximum Gasteiger partial charge on any atom is 0.286 e. The van der Waals surface area contributed by atoms with Crippen LogP contribution in [0.5, 0.6) is 0 Å². The van der Waals surface area contributed by atoms with Gasteiger partial charge in [-0.3, -0.25) is 9.59 Å².